The normalized spacial score (nSPS) is 19.7. The Bertz CT molecular complexity index is 927. The Morgan fingerprint density at radius 1 is 1.10 bits per heavy atom. The Labute approximate surface area is 177 Å². The smallest absolute Gasteiger partial charge is 0.326 e. The Morgan fingerprint density at radius 3 is 2.33 bits per heavy atom. The highest BCUT2D eigenvalue weighted by Gasteiger charge is 2.50. The number of benzene rings is 2. The molecule has 1 heterocycles. The Hall–Kier alpha value is -3.19. The standard InChI is InChI=1S/C23H28N4O3/c1-16(2)18-12-10-17(11-13-18)14-26(4)15-20(28)25-27-21(29)23(3,24-22(27)30)19-8-6-5-7-9-19/h5-13,16H,14-15H2,1-4H3,(H,24,30)(H,25,28)/p+1/t23-/m1/s1. The van der Waals surface area contributed by atoms with Gasteiger partial charge in [0.15, 0.2) is 6.54 Å². The number of amides is 4. The summed E-state index contributed by atoms with van der Waals surface area (Å²) in [4.78, 5) is 38.6. The SMILES string of the molecule is CC(C)c1ccc(C[NH+](C)CC(=O)NN2C(=O)N[C@](C)(c3ccccc3)C2=O)cc1. The number of nitrogens with one attached hydrogen (secondary N) is 3. The van der Waals surface area contributed by atoms with Gasteiger partial charge in [0, 0.05) is 5.56 Å². The minimum absolute atomic E-state index is 0.130. The van der Waals surface area contributed by atoms with Crippen LogP contribution in [0.25, 0.3) is 0 Å². The number of hydrogen-bond donors (Lipinski definition) is 3. The van der Waals surface area contributed by atoms with E-state index in [1.165, 1.54) is 5.56 Å². The second-order valence-electron chi connectivity index (χ2n) is 8.30. The molecule has 2 atom stereocenters. The van der Waals surface area contributed by atoms with Crippen LogP contribution in [0.2, 0.25) is 0 Å². The second-order valence-corrected chi connectivity index (χ2v) is 8.30. The predicted octanol–water partition coefficient (Wildman–Crippen LogP) is 1.32. The maximum Gasteiger partial charge on any atom is 0.344 e. The van der Waals surface area contributed by atoms with Crippen molar-refractivity contribution in [1.82, 2.24) is 15.8 Å². The van der Waals surface area contributed by atoms with Crippen molar-refractivity contribution >= 4 is 17.8 Å². The molecule has 7 heteroatoms. The number of rotatable bonds is 7. The molecular formula is C23H29N4O3+. The molecule has 30 heavy (non-hydrogen) atoms. The highest BCUT2D eigenvalue weighted by Crippen LogP contribution is 2.27. The van der Waals surface area contributed by atoms with E-state index < -0.39 is 23.4 Å². The van der Waals surface area contributed by atoms with Gasteiger partial charge < -0.3 is 10.2 Å². The summed E-state index contributed by atoms with van der Waals surface area (Å²) in [6.07, 6.45) is 0. The number of quaternary nitrogens is 1. The molecule has 4 amide bonds. The number of likely N-dealkylation sites (N-methyl/N-ethyl adjacent to an activating group) is 1. The van der Waals surface area contributed by atoms with Crippen molar-refractivity contribution in [1.29, 1.82) is 0 Å². The molecule has 1 fully saturated rings. The molecule has 3 N–H and O–H groups in total. The topological polar surface area (TPSA) is 82.9 Å². The van der Waals surface area contributed by atoms with Gasteiger partial charge in [-0.25, -0.2) is 4.79 Å². The number of urea groups is 1. The van der Waals surface area contributed by atoms with Gasteiger partial charge in [-0.1, -0.05) is 68.4 Å². The lowest BCUT2D eigenvalue weighted by Gasteiger charge is -2.22. The van der Waals surface area contributed by atoms with Crippen LogP contribution in [0.4, 0.5) is 4.79 Å². The summed E-state index contributed by atoms with van der Waals surface area (Å²) in [5, 5.41) is 3.45. The lowest BCUT2D eigenvalue weighted by molar-refractivity contribution is -0.885. The number of carbonyl (C=O) groups excluding carboxylic acids is 3. The molecule has 0 radical (unpaired) electrons. The molecule has 2 aromatic rings. The van der Waals surface area contributed by atoms with Crippen molar-refractivity contribution < 1.29 is 19.3 Å². The van der Waals surface area contributed by atoms with E-state index in [9.17, 15) is 14.4 Å². The summed E-state index contributed by atoms with van der Waals surface area (Å²) in [6, 6.07) is 16.7. The Kier molecular flexibility index (Phi) is 6.22. The highest BCUT2D eigenvalue weighted by molar-refractivity contribution is 6.08. The summed E-state index contributed by atoms with van der Waals surface area (Å²) >= 11 is 0. The predicted molar refractivity (Wildman–Crippen MR) is 113 cm³/mol. The number of nitrogens with zero attached hydrogens (tertiary/aromatic N) is 1. The van der Waals surface area contributed by atoms with Gasteiger partial charge in [0.1, 0.15) is 12.1 Å². The van der Waals surface area contributed by atoms with Crippen molar-refractivity contribution in [2.24, 2.45) is 0 Å². The van der Waals surface area contributed by atoms with Crippen molar-refractivity contribution in [2.45, 2.75) is 38.8 Å². The van der Waals surface area contributed by atoms with Crippen molar-refractivity contribution in [3.63, 3.8) is 0 Å². The molecule has 0 saturated carbocycles. The lowest BCUT2D eigenvalue weighted by Crippen LogP contribution is -3.09. The van der Waals surface area contributed by atoms with Crippen LogP contribution >= 0.6 is 0 Å². The van der Waals surface area contributed by atoms with Crippen LogP contribution < -0.4 is 15.6 Å². The first-order valence-electron chi connectivity index (χ1n) is 10.1. The number of hydrazine groups is 1. The van der Waals surface area contributed by atoms with E-state index in [-0.39, 0.29) is 6.54 Å². The van der Waals surface area contributed by atoms with E-state index >= 15 is 0 Å². The summed E-state index contributed by atoms with van der Waals surface area (Å²) in [5.74, 6) is -0.429. The first-order valence-corrected chi connectivity index (χ1v) is 10.1. The van der Waals surface area contributed by atoms with Crippen molar-refractivity contribution in [2.75, 3.05) is 13.6 Å². The fourth-order valence-electron chi connectivity index (χ4n) is 3.58. The molecule has 158 valence electrons. The van der Waals surface area contributed by atoms with Crippen molar-refractivity contribution in [3.8, 4) is 0 Å². The van der Waals surface area contributed by atoms with Gasteiger partial charge in [-0.3, -0.25) is 15.0 Å². The zero-order chi connectivity index (χ0) is 21.9. The lowest BCUT2D eigenvalue weighted by atomic mass is 9.92. The van der Waals surface area contributed by atoms with E-state index in [0.717, 1.165) is 15.5 Å². The monoisotopic (exact) mass is 409 g/mol. The summed E-state index contributed by atoms with van der Waals surface area (Å²) in [5.41, 5.74) is 4.30. The van der Waals surface area contributed by atoms with E-state index in [2.05, 4.69) is 48.9 Å². The molecule has 0 bridgehead atoms. The van der Waals surface area contributed by atoms with Gasteiger partial charge in [-0.15, -0.1) is 0 Å². The fraction of sp³-hybridized carbons (Fsp3) is 0.348. The molecule has 1 aliphatic heterocycles. The minimum Gasteiger partial charge on any atom is -0.326 e. The third-order valence-corrected chi connectivity index (χ3v) is 5.39. The van der Waals surface area contributed by atoms with Crippen LogP contribution in [-0.4, -0.2) is 36.4 Å². The van der Waals surface area contributed by atoms with Crippen LogP contribution in [0.15, 0.2) is 54.6 Å². The maximum absolute atomic E-state index is 12.9. The highest BCUT2D eigenvalue weighted by atomic mass is 16.2. The van der Waals surface area contributed by atoms with Crippen molar-refractivity contribution in [3.05, 3.63) is 71.3 Å². The number of hydrogen-bond acceptors (Lipinski definition) is 3. The molecule has 1 unspecified atom stereocenters. The van der Waals surface area contributed by atoms with Gasteiger partial charge in [0.25, 0.3) is 11.8 Å². The molecular weight excluding hydrogens is 380 g/mol. The van der Waals surface area contributed by atoms with Gasteiger partial charge in [-0.2, -0.15) is 5.01 Å². The van der Waals surface area contributed by atoms with E-state index in [1.54, 1.807) is 31.2 Å². The zero-order valence-electron chi connectivity index (χ0n) is 17.9. The Morgan fingerprint density at radius 2 is 1.73 bits per heavy atom. The van der Waals surface area contributed by atoms with Gasteiger partial charge in [0.05, 0.1) is 7.05 Å². The minimum atomic E-state index is -1.21. The summed E-state index contributed by atoms with van der Waals surface area (Å²) in [7, 11) is 1.90. The van der Waals surface area contributed by atoms with Crippen LogP contribution in [0.5, 0.6) is 0 Å². The van der Waals surface area contributed by atoms with Gasteiger partial charge >= 0.3 is 6.03 Å². The first-order chi connectivity index (χ1) is 14.2. The molecule has 3 rings (SSSR count). The van der Waals surface area contributed by atoms with E-state index in [0.29, 0.717) is 18.0 Å². The molecule has 0 aromatic heterocycles. The molecule has 7 nitrogen and oxygen atoms in total. The molecule has 0 spiro atoms. The Balaban J connectivity index is 1.59. The average Bonchev–Trinajstić information content (AvgIpc) is 2.93. The van der Waals surface area contributed by atoms with E-state index in [4.69, 9.17) is 0 Å². The van der Waals surface area contributed by atoms with Gasteiger partial charge in [-0.05, 0) is 24.0 Å². The van der Waals surface area contributed by atoms with Crippen LogP contribution in [-0.2, 0) is 21.7 Å². The third kappa shape index (κ3) is 4.52. The zero-order valence-corrected chi connectivity index (χ0v) is 17.9. The fourth-order valence-corrected chi connectivity index (χ4v) is 3.58. The molecule has 2 aromatic carbocycles. The second kappa shape index (κ2) is 8.67. The van der Waals surface area contributed by atoms with E-state index in [1.807, 2.05) is 13.1 Å². The molecule has 1 aliphatic rings. The molecule has 0 aliphatic carbocycles. The third-order valence-electron chi connectivity index (χ3n) is 5.39. The van der Waals surface area contributed by atoms with Crippen LogP contribution in [0, 0.1) is 0 Å². The number of carbonyl (C=O) groups is 3. The van der Waals surface area contributed by atoms with Gasteiger partial charge in [0.2, 0.25) is 0 Å². The summed E-state index contributed by atoms with van der Waals surface area (Å²) in [6.45, 7) is 6.72. The average molecular weight is 410 g/mol. The number of imide groups is 1. The van der Waals surface area contributed by atoms with Crippen LogP contribution in [0.3, 0.4) is 0 Å². The van der Waals surface area contributed by atoms with Crippen LogP contribution in [0.1, 0.15) is 43.4 Å². The summed E-state index contributed by atoms with van der Waals surface area (Å²) < 4.78 is 0. The quantitative estimate of drug-likeness (QED) is 0.604. The molecule has 1 saturated heterocycles. The first kappa shape index (κ1) is 21.5. The maximum atomic E-state index is 12.9. The largest absolute Gasteiger partial charge is 0.344 e.